The van der Waals surface area contributed by atoms with Crippen LogP contribution in [-0.4, -0.2) is 34.0 Å². The lowest BCUT2D eigenvalue weighted by Gasteiger charge is -2.36. The lowest BCUT2D eigenvalue weighted by Crippen LogP contribution is -2.56. The molecule has 0 aliphatic carbocycles. The third-order valence-corrected chi connectivity index (χ3v) is 4.55. The van der Waals surface area contributed by atoms with Gasteiger partial charge in [-0.2, -0.15) is 0 Å². The number of hydrogen-bond acceptors (Lipinski definition) is 3. The van der Waals surface area contributed by atoms with E-state index < -0.39 is 11.5 Å². The van der Waals surface area contributed by atoms with Gasteiger partial charge in [0.05, 0.1) is 11.1 Å². The van der Waals surface area contributed by atoms with Crippen molar-refractivity contribution < 1.29 is 14.7 Å². The number of rotatable bonds is 2. The number of carbonyl (C=O) groups excluding carboxylic acids is 1. The van der Waals surface area contributed by atoms with Gasteiger partial charge in [0.25, 0.3) is 0 Å². The minimum Gasteiger partial charge on any atom is -0.478 e. The van der Waals surface area contributed by atoms with Crippen molar-refractivity contribution in [2.45, 2.75) is 44.8 Å². The van der Waals surface area contributed by atoms with Crippen molar-refractivity contribution in [2.75, 3.05) is 6.54 Å². The van der Waals surface area contributed by atoms with Gasteiger partial charge in [-0.1, -0.05) is 6.07 Å². The maximum atomic E-state index is 12.8. The molecule has 2 N–H and O–H groups in total. The molecule has 1 unspecified atom stereocenters. The minimum absolute atomic E-state index is 0.121. The van der Waals surface area contributed by atoms with E-state index in [9.17, 15) is 9.59 Å². The van der Waals surface area contributed by atoms with Crippen LogP contribution in [0, 0.1) is 0 Å². The van der Waals surface area contributed by atoms with Crippen molar-refractivity contribution in [3.8, 4) is 0 Å². The smallest absolute Gasteiger partial charge is 0.335 e. The van der Waals surface area contributed by atoms with Gasteiger partial charge in [-0.15, -0.1) is 0 Å². The lowest BCUT2D eigenvalue weighted by atomic mass is 9.89. The van der Waals surface area contributed by atoms with Crippen LogP contribution in [0.2, 0.25) is 0 Å². The predicted molar refractivity (Wildman–Crippen MR) is 77.9 cm³/mol. The molecule has 2 aliphatic rings. The molecule has 1 aromatic carbocycles. The molecule has 3 rings (SSSR count). The Bertz CT molecular complexity index is 591. The minimum atomic E-state index is -0.927. The Morgan fingerprint density at radius 2 is 2.00 bits per heavy atom. The second-order valence-electron chi connectivity index (χ2n) is 6.17. The van der Waals surface area contributed by atoms with Gasteiger partial charge < -0.3 is 15.3 Å². The van der Waals surface area contributed by atoms with Crippen LogP contribution in [-0.2, 0) is 17.9 Å². The molecule has 0 bridgehead atoms. The van der Waals surface area contributed by atoms with E-state index in [0.29, 0.717) is 13.1 Å². The largest absolute Gasteiger partial charge is 0.478 e. The summed E-state index contributed by atoms with van der Waals surface area (Å²) in [4.78, 5) is 25.6. The lowest BCUT2D eigenvalue weighted by molar-refractivity contribution is -0.139. The van der Waals surface area contributed by atoms with Crippen LogP contribution in [0.3, 0.4) is 0 Å². The quantitative estimate of drug-likeness (QED) is 0.870. The molecule has 0 spiro atoms. The molecule has 1 saturated heterocycles. The zero-order valence-corrected chi connectivity index (χ0v) is 12.2. The van der Waals surface area contributed by atoms with Crippen LogP contribution >= 0.6 is 0 Å². The van der Waals surface area contributed by atoms with Crippen molar-refractivity contribution in [3.63, 3.8) is 0 Å². The SMILES string of the molecule is CC1(C(=O)N2Cc3ccc(C(=O)O)cc3C2)CCCCN1. The van der Waals surface area contributed by atoms with Crippen LogP contribution < -0.4 is 5.32 Å². The zero-order valence-electron chi connectivity index (χ0n) is 12.2. The summed E-state index contributed by atoms with van der Waals surface area (Å²) in [5.41, 5.74) is 1.80. The normalized spacial score (nSPS) is 24.7. The molecule has 0 saturated carbocycles. The summed E-state index contributed by atoms with van der Waals surface area (Å²) in [5, 5.41) is 12.4. The molecule has 1 amide bonds. The van der Waals surface area contributed by atoms with Crippen molar-refractivity contribution >= 4 is 11.9 Å². The van der Waals surface area contributed by atoms with Gasteiger partial charge in [0, 0.05) is 13.1 Å². The molecule has 1 atom stereocenters. The first-order valence-electron chi connectivity index (χ1n) is 7.39. The van der Waals surface area contributed by atoms with E-state index in [1.807, 2.05) is 17.9 Å². The summed E-state index contributed by atoms with van der Waals surface area (Å²) in [6.07, 6.45) is 3.04. The predicted octanol–water partition coefficient (Wildman–Crippen LogP) is 1.76. The Balaban J connectivity index is 1.78. The summed E-state index contributed by atoms with van der Waals surface area (Å²) in [6.45, 7) is 3.93. The number of piperidine rings is 1. The number of carbonyl (C=O) groups is 2. The fourth-order valence-corrected chi connectivity index (χ4v) is 3.26. The zero-order chi connectivity index (χ0) is 15.0. The number of hydrogen-bond donors (Lipinski definition) is 2. The van der Waals surface area contributed by atoms with Crippen LogP contribution in [0.1, 0.15) is 47.7 Å². The van der Waals surface area contributed by atoms with Gasteiger partial charge in [-0.25, -0.2) is 4.79 Å². The fourth-order valence-electron chi connectivity index (χ4n) is 3.26. The van der Waals surface area contributed by atoms with Gasteiger partial charge in [-0.3, -0.25) is 4.79 Å². The molecule has 5 nitrogen and oxygen atoms in total. The molecule has 2 aliphatic heterocycles. The molecule has 1 fully saturated rings. The number of amides is 1. The Kier molecular flexibility index (Phi) is 3.45. The Morgan fingerprint density at radius 1 is 1.24 bits per heavy atom. The van der Waals surface area contributed by atoms with E-state index in [0.717, 1.165) is 36.9 Å². The van der Waals surface area contributed by atoms with Crippen LogP contribution in [0.25, 0.3) is 0 Å². The average Bonchev–Trinajstić information content (AvgIpc) is 2.89. The number of aromatic carboxylic acids is 1. The van der Waals surface area contributed by atoms with Crippen molar-refractivity contribution in [1.29, 1.82) is 0 Å². The topological polar surface area (TPSA) is 69.6 Å². The molecule has 2 heterocycles. The van der Waals surface area contributed by atoms with Gasteiger partial charge >= 0.3 is 5.97 Å². The molecule has 0 aromatic heterocycles. The van der Waals surface area contributed by atoms with E-state index in [-0.39, 0.29) is 11.5 Å². The standard InChI is InChI=1S/C16H20N2O3/c1-16(6-2-3-7-17-16)15(21)18-9-12-5-4-11(14(19)20)8-13(12)10-18/h4-5,8,17H,2-3,6-7,9-10H2,1H3,(H,19,20). The fraction of sp³-hybridized carbons (Fsp3) is 0.500. The highest BCUT2D eigenvalue weighted by Gasteiger charge is 2.39. The molecule has 112 valence electrons. The number of carboxylic acids is 1. The van der Waals surface area contributed by atoms with Crippen LogP contribution in [0.5, 0.6) is 0 Å². The first-order chi connectivity index (χ1) is 9.99. The number of nitrogens with one attached hydrogen (secondary N) is 1. The maximum absolute atomic E-state index is 12.8. The first kappa shape index (κ1) is 14.1. The van der Waals surface area contributed by atoms with Gasteiger partial charge in [-0.05, 0) is 56.0 Å². The Morgan fingerprint density at radius 3 is 2.67 bits per heavy atom. The monoisotopic (exact) mass is 288 g/mol. The van der Waals surface area contributed by atoms with Gasteiger partial charge in [0.2, 0.25) is 5.91 Å². The van der Waals surface area contributed by atoms with Gasteiger partial charge in [0.1, 0.15) is 0 Å². The third-order valence-electron chi connectivity index (χ3n) is 4.55. The molecular weight excluding hydrogens is 268 g/mol. The van der Waals surface area contributed by atoms with E-state index in [4.69, 9.17) is 5.11 Å². The Labute approximate surface area is 123 Å². The molecule has 5 heteroatoms. The van der Waals surface area contributed by atoms with E-state index >= 15 is 0 Å². The van der Waals surface area contributed by atoms with Crippen LogP contribution in [0.15, 0.2) is 18.2 Å². The average molecular weight is 288 g/mol. The summed E-state index contributed by atoms with van der Waals surface area (Å²) >= 11 is 0. The molecule has 1 aromatic rings. The first-order valence-corrected chi connectivity index (χ1v) is 7.39. The number of fused-ring (bicyclic) bond motifs is 1. The van der Waals surface area contributed by atoms with Crippen molar-refractivity contribution in [2.24, 2.45) is 0 Å². The second-order valence-corrected chi connectivity index (χ2v) is 6.17. The highest BCUT2D eigenvalue weighted by Crippen LogP contribution is 2.29. The molecule has 21 heavy (non-hydrogen) atoms. The summed E-state index contributed by atoms with van der Waals surface area (Å²) in [6, 6.07) is 5.11. The molecular formula is C16H20N2O3. The van der Waals surface area contributed by atoms with Gasteiger partial charge in [0.15, 0.2) is 0 Å². The second kappa shape index (κ2) is 5.15. The van der Waals surface area contributed by atoms with Crippen molar-refractivity contribution in [1.82, 2.24) is 10.2 Å². The van der Waals surface area contributed by atoms with E-state index in [2.05, 4.69) is 5.32 Å². The van der Waals surface area contributed by atoms with E-state index in [1.54, 1.807) is 12.1 Å². The Hall–Kier alpha value is -1.88. The number of nitrogens with zero attached hydrogens (tertiary/aromatic N) is 1. The number of carboxylic acid groups (broad SMARTS) is 1. The third kappa shape index (κ3) is 2.53. The highest BCUT2D eigenvalue weighted by molar-refractivity contribution is 5.89. The maximum Gasteiger partial charge on any atom is 0.335 e. The molecule has 0 radical (unpaired) electrons. The van der Waals surface area contributed by atoms with Crippen LogP contribution in [0.4, 0.5) is 0 Å². The summed E-state index contributed by atoms with van der Waals surface area (Å²) in [7, 11) is 0. The summed E-state index contributed by atoms with van der Waals surface area (Å²) in [5.74, 6) is -0.807. The van der Waals surface area contributed by atoms with E-state index in [1.165, 1.54) is 0 Å². The van der Waals surface area contributed by atoms with Crippen molar-refractivity contribution in [3.05, 3.63) is 34.9 Å². The highest BCUT2D eigenvalue weighted by atomic mass is 16.4. The number of benzene rings is 1. The summed E-state index contributed by atoms with van der Waals surface area (Å²) < 4.78 is 0.